The normalized spacial score (nSPS) is 34.7. The molecule has 0 aliphatic heterocycles. The van der Waals surface area contributed by atoms with Crippen LogP contribution in [0.5, 0.6) is 0 Å². The van der Waals surface area contributed by atoms with Gasteiger partial charge in [0.25, 0.3) is 0 Å². The molecule has 0 spiro atoms. The summed E-state index contributed by atoms with van der Waals surface area (Å²) in [6.07, 6.45) is 17.7. The molecule has 12 aliphatic rings. The molecule has 84 heavy (non-hydrogen) atoms. The summed E-state index contributed by atoms with van der Waals surface area (Å²) in [6, 6.07) is 29.5. The molecule has 1 N–H and O–H groups in total. The average molecular weight is 1180 g/mol. The third kappa shape index (κ3) is 13.4. The van der Waals surface area contributed by atoms with Crippen molar-refractivity contribution in [2.75, 3.05) is 6.61 Å². The number of hydrogen-bond donors (Lipinski definition) is 1. The zero-order valence-electron chi connectivity index (χ0n) is 51.8. The van der Waals surface area contributed by atoms with Crippen molar-refractivity contribution in [3.05, 3.63) is 90.5 Å². The number of alkyl halides is 2. The van der Waals surface area contributed by atoms with Gasteiger partial charge >= 0.3 is 29.8 Å². The summed E-state index contributed by atoms with van der Waals surface area (Å²) in [6.45, 7) is 17.7. The molecule has 0 radical (unpaired) electrons. The number of carbonyl (C=O) groups is 4. The van der Waals surface area contributed by atoms with E-state index in [-0.39, 0.29) is 83.6 Å². The summed E-state index contributed by atoms with van der Waals surface area (Å²) in [5.74, 6) is -1.83. The lowest BCUT2D eigenvalue weighted by molar-refractivity contribution is -0.215. The predicted molar refractivity (Wildman–Crippen MR) is 321 cm³/mol. The molecule has 0 saturated heterocycles. The number of rotatable bonds is 18. The molecule has 12 heteroatoms. The third-order valence-corrected chi connectivity index (χ3v) is 24.5. The highest BCUT2D eigenvalue weighted by Gasteiger charge is 2.60. The van der Waals surface area contributed by atoms with Crippen LogP contribution in [-0.2, 0) is 55.6 Å². The highest BCUT2D eigenvalue weighted by molar-refractivity contribution is 7.97. The summed E-state index contributed by atoms with van der Waals surface area (Å²) < 4.78 is 50.3. The first kappa shape index (κ1) is 61.4. The highest BCUT2D eigenvalue weighted by Crippen LogP contribution is 2.62. The van der Waals surface area contributed by atoms with Crippen molar-refractivity contribution in [3.8, 4) is 0 Å². The van der Waals surface area contributed by atoms with Crippen LogP contribution in [0.2, 0.25) is 0 Å². The Bertz CT molecular complexity index is 2720. The quantitative estimate of drug-likeness (QED) is 0.0753. The number of halogens is 2. The van der Waals surface area contributed by atoms with Crippen molar-refractivity contribution in [1.29, 1.82) is 0 Å². The van der Waals surface area contributed by atoms with Crippen LogP contribution in [0.4, 0.5) is 8.78 Å². The van der Waals surface area contributed by atoms with Gasteiger partial charge in [0.2, 0.25) is 0 Å². The molecule has 458 valence electrons. The van der Waals surface area contributed by atoms with E-state index < -0.39 is 45.8 Å². The monoisotopic (exact) mass is 1180 g/mol. The van der Waals surface area contributed by atoms with Crippen LogP contribution in [0.25, 0.3) is 0 Å². The Labute approximate surface area is 503 Å². The van der Waals surface area contributed by atoms with Crippen molar-refractivity contribution >= 4 is 34.8 Å². The third-order valence-electron chi connectivity index (χ3n) is 22.3. The van der Waals surface area contributed by atoms with Gasteiger partial charge in [0.1, 0.15) is 18.3 Å². The van der Waals surface area contributed by atoms with E-state index in [1.807, 2.05) is 39.8 Å². The first-order valence-corrected chi connectivity index (χ1v) is 33.6. The van der Waals surface area contributed by atoms with E-state index in [1.165, 1.54) is 40.4 Å². The Morgan fingerprint density at radius 2 is 1.08 bits per heavy atom. The maximum absolute atomic E-state index is 15.1. The van der Waals surface area contributed by atoms with Crippen LogP contribution in [-0.4, -0.2) is 58.8 Å². The Hall–Kier alpha value is -4.29. The molecule has 3 aromatic rings. The van der Waals surface area contributed by atoms with E-state index in [0.717, 1.165) is 99.4 Å². The Morgan fingerprint density at radius 1 is 0.595 bits per heavy atom. The van der Waals surface area contributed by atoms with Crippen LogP contribution in [0, 0.1) is 92.7 Å². The second-order valence-corrected chi connectivity index (χ2v) is 33.9. The molecular formula is C72H97F2O9S+. The van der Waals surface area contributed by atoms with E-state index >= 15 is 9.59 Å². The largest absolute Gasteiger partial charge is 0.462 e. The van der Waals surface area contributed by atoms with Crippen LogP contribution in [0.15, 0.2) is 99.6 Å². The van der Waals surface area contributed by atoms with Crippen molar-refractivity contribution in [1.82, 2.24) is 0 Å². The number of hydrogen-bond acceptors (Lipinski definition) is 9. The molecule has 12 fully saturated rings. The van der Waals surface area contributed by atoms with Gasteiger partial charge in [0, 0.05) is 12.3 Å². The van der Waals surface area contributed by atoms with Gasteiger partial charge in [-0.3, -0.25) is 14.4 Å². The smallest absolute Gasteiger partial charge is 0.376 e. The van der Waals surface area contributed by atoms with Gasteiger partial charge in [-0.1, -0.05) is 90.1 Å². The molecule has 0 aromatic heterocycles. The summed E-state index contributed by atoms with van der Waals surface area (Å²) in [5.41, 5.74) is -2.07. The molecule has 0 heterocycles. The molecule has 12 saturated carbocycles. The van der Waals surface area contributed by atoms with Crippen LogP contribution < -0.4 is 0 Å². The number of ether oxygens (including phenoxy) is 4. The first-order valence-electron chi connectivity index (χ1n) is 32.3. The zero-order valence-corrected chi connectivity index (χ0v) is 52.6. The Morgan fingerprint density at radius 3 is 1.56 bits per heavy atom. The lowest BCUT2D eigenvalue weighted by Gasteiger charge is -2.59. The topological polar surface area (TPSA) is 125 Å². The standard InChI is InChI=1S/C58H77O7S.C14H20F2O2/c1-54(2,3)36-56(7,53(61)65-57(8)44-26-38-23-39(28-44)29-45(57)27-38)32-43(51(59)64-50-41-24-40-25-42(50)34-58(62,31-40)33-41)30-49(55(4,5)6)52(60)63-35-37-19-21-48(22-20-37)66(46-15-11-9-12-16-46)47-17-13-10-14-18-47;1-13(15,16)12(17)18-8-14-5-9-2-10(6-14)4-11(3-9)7-14/h9-22,38-45,49-50,62H,23-36H2,1-8H3;9-11H,2-8H2,1H3/q+1;. The number of aliphatic hydroxyl groups is 1. The molecule has 5 atom stereocenters. The summed E-state index contributed by atoms with van der Waals surface area (Å²) >= 11 is 0. The Balaban J connectivity index is 0.000000346. The van der Waals surface area contributed by atoms with Gasteiger partial charge in [-0.25, -0.2) is 4.79 Å². The van der Waals surface area contributed by atoms with Crippen molar-refractivity contribution in [2.24, 2.45) is 92.7 Å². The molecule has 15 rings (SSSR count). The predicted octanol–water partition coefficient (Wildman–Crippen LogP) is 16.0. The lowest BCUT2D eigenvalue weighted by Crippen LogP contribution is -2.59. The fourth-order valence-electron chi connectivity index (χ4n) is 19.6. The zero-order chi connectivity index (χ0) is 59.8. The fraction of sp³-hybridized carbons (Fsp3) is 0.694. The van der Waals surface area contributed by atoms with Crippen LogP contribution in [0.3, 0.4) is 0 Å². The fourth-order valence-corrected chi connectivity index (χ4v) is 21.7. The maximum atomic E-state index is 15.1. The van der Waals surface area contributed by atoms with E-state index in [2.05, 4.69) is 100 Å². The van der Waals surface area contributed by atoms with Crippen molar-refractivity contribution in [3.63, 3.8) is 0 Å². The number of esters is 4. The SMILES string of the molecule is CC(C)(C)CC(C)(CC(CC(C(=O)OCc1ccc([S+](c2ccccc2)c2ccccc2)cc1)C(C)(C)C)C(=O)OC1C2CC3CC1CC(O)(C3)C2)C(=O)OC1(C)C2CC3CC(C2)CC1C3.CC(F)(F)C(=O)OCC12CC3CC(CC(C3)C1)C2. The summed E-state index contributed by atoms with van der Waals surface area (Å²) in [7, 11) is -0.294. The van der Waals surface area contributed by atoms with E-state index in [9.17, 15) is 23.5 Å². The second-order valence-electron chi connectivity index (χ2n) is 31.9. The first-order chi connectivity index (χ1) is 39.5. The highest BCUT2D eigenvalue weighted by atomic mass is 32.2. The molecule has 9 nitrogen and oxygen atoms in total. The van der Waals surface area contributed by atoms with Gasteiger partial charge in [-0.2, -0.15) is 8.78 Å². The number of benzene rings is 3. The molecule has 12 bridgehead atoms. The molecule has 5 unspecified atom stereocenters. The van der Waals surface area contributed by atoms with Gasteiger partial charge in [0.05, 0.1) is 40.4 Å². The maximum Gasteiger partial charge on any atom is 0.376 e. The van der Waals surface area contributed by atoms with Crippen molar-refractivity contribution < 1.29 is 52.0 Å². The minimum atomic E-state index is -3.36. The van der Waals surface area contributed by atoms with Gasteiger partial charge in [-0.05, 0) is 248 Å². The minimum Gasteiger partial charge on any atom is -0.462 e. The van der Waals surface area contributed by atoms with Gasteiger partial charge < -0.3 is 24.1 Å². The minimum absolute atomic E-state index is 0.0235. The second kappa shape index (κ2) is 23.3. The van der Waals surface area contributed by atoms with E-state index in [4.69, 9.17) is 18.9 Å². The van der Waals surface area contributed by atoms with Gasteiger partial charge in [0.15, 0.2) is 14.7 Å². The number of carbonyl (C=O) groups excluding carboxylic acids is 4. The van der Waals surface area contributed by atoms with E-state index in [0.29, 0.717) is 43.9 Å². The average Bonchev–Trinajstić information content (AvgIpc) is 1.12. The van der Waals surface area contributed by atoms with Gasteiger partial charge in [-0.15, -0.1) is 0 Å². The molecule has 0 amide bonds. The van der Waals surface area contributed by atoms with Crippen LogP contribution >= 0.6 is 0 Å². The Kier molecular flexibility index (Phi) is 17.0. The van der Waals surface area contributed by atoms with Crippen molar-refractivity contribution in [2.45, 2.75) is 229 Å². The van der Waals surface area contributed by atoms with Crippen LogP contribution in [0.1, 0.15) is 190 Å². The molecular weight excluding hydrogens is 1080 g/mol. The lowest BCUT2D eigenvalue weighted by atomic mass is 9.50. The summed E-state index contributed by atoms with van der Waals surface area (Å²) in [4.78, 5) is 59.6. The van der Waals surface area contributed by atoms with E-state index in [1.54, 1.807) is 0 Å². The molecule has 3 aromatic carbocycles. The molecule has 12 aliphatic carbocycles. The summed E-state index contributed by atoms with van der Waals surface area (Å²) in [5, 5.41) is 11.4.